The standard InChI is InChI=1S/Co.Li.4Mn.Ni.16O.H6P/h;;;;;;;;;;;;;;;;;;;;;;;1H6/q+2;+1;;;;;+2;;;;;;;;;8*-1;+3. The summed E-state index contributed by atoms with van der Waals surface area (Å²) in [4.78, 5) is 0. The molecule has 0 aromatic rings. The van der Waals surface area contributed by atoms with Crippen molar-refractivity contribution in [3.8, 4) is 0 Å². The van der Waals surface area contributed by atoms with E-state index in [0.29, 0.717) is 0 Å². The molecule has 1 radical (unpaired) electrons. The zero-order valence-corrected chi connectivity index (χ0v) is 16.4. The van der Waals surface area contributed by atoms with Crippen LogP contribution in [0.4, 0.5) is 0 Å². The molecule has 0 saturated carbocycles. The predicted molar refractivity (Wildman–Crippen MR) is 20.8 cm³/mol. The van der Waals surface area contributed by atoms with Crippen molar-refractivity contribution >= 4 is 9.90 Å². The Kier molecular flexibility index (Phi) is 45.0. The molecule has 0 spiro atoms. The van der Waals surface area contributed by atoms with Gasteiger partial charge < -0.3 is 0 Å². The summed E-state index contributed by atoms with van der Waals surface area (Å²) in [6.45, 7) is 0. The van der Waals surface area contributed by atoms with E-state index < -0.39 is 53.5 Å². The van der Waals surface area contributed by atoms with Crippen LogP contribution in [0.5, 0.6) is 0 Å². The summed E-state index contributed by atoms with van der Waals surface area (Å²) in [5.74, 6) is 0. The molecular formula is H6CoLiMn4NiO16P. The maximum Gasteiger partial charge on any atom is -0.295 e. The van der Waals surface area contributed by atoms with E-state index in [2.05, 4.69) is 0 Å². The van der Waals surface area contributed by atoms with Gasteiger partial charge in [-0.25, -0.2) is 0 Å². The van der Waals surface area contributed by atoms with Gasteiger partial charge in [0, 0.05) is 0 Å². The van der Waals surface area contributed by atoms with Crippen LogP contribution < -0.4 is 52.4 Å². The average molecular weight is 637 g/mol. The van der Waals surface area contributed by atoms with E-state index in [4.69, 9.17) is 64.2 Å². The van der Waals surface area contributed by atoms with E-state index >= 15 is 0 Å². The molecule has 0 saturated heterocycles. The second-order valence-electron chi connectivity index (χ2n) is 1.51. The van der Waals surface area contributed by atoms with Gasteiger partial charge in [0.05, 0.1) is 0 Å². The van der Waals surface area contributed by atoms with Gasteiger partial charge in [-0.05, 0) is 0 Å². The second-order valence-corrected chi connectivity index (χ2v) is 6.23. The van der Waals surface area contributed by atoms with Crippen molar-refractivity contribution in [3.63, 3.8) is 0 Å². The van der Waals surface area contributed by atoms with E-state index in [0.717, 1.165) is 0 Å². The van der Waals surface area contributed by atoms with Gasteiger partial charge in [-0.3, -0.25) is 9.90 Å². The zero-order chi connectivity index (χ0) is 18.0. The Morgan fingerprint density at radius 2 is 0.417 bits per heavy atom. The first kappa shape index (κ1) is 50.2. The molecule has 24 heteroatoms. The van der Waals surface area contributed by atoms with Gasteiger partial charge >= 0.3 is 170 Å². The van der Waals surface area contributed by atoms with Crippen LogP contribution in [-0.4, -0.2) is 0 Å². The van der Waals surface area contributed by atoms with E-state index in [9.17, 15) is 0 Å². The van der Waals surface area contributed by atoms with Gasteiger partial charge in [-0.15, -0.1) is 0 Å². The molecule has 0 unspecified atom stereocenters. The molecule has 0 fully saturated rings. The molecule has 155 valence electrons. The summed E-state index contributed by atoms with van der Waals surface area (Å²) in [6.07, 6.45) is 0. The molecule has 0 aromatic carbocycles. The summed E-state index contributed by atoms with van der Waals surface area (Å²) in [6, 6.07) is 0. The van der Waals surface area contributed by atoms with Crippen molar-refractivity contribution in [3.05, 3.63) is 0 Å². The van der Waals surface area contributed by atoms with Gasteiger partial charge in [0.25, 0.3) is 0 Å². The number of hydrogen-bond acceptors (Lipinski definition) is 16. The third-order valence-corrected chi connectivity index (χ3v) is 0. The van der Waals surface area contributed by atoms with Gasteiger partial charge in [0.1, 0.15) is 0 Å². The van der Waals surface area contributed by atoms with Crippen LogP contribution in [0, 0.1) is 0 Å². The molecule has 0 bridgehead atoms. The van der Waals surface area contributed by atoms with E-state index in [1.54, 1.807) is 0 Å². The van der Waals surface area contributed by atoms with Crippen molar-refractivity contribution in [2.75, 3.05) is 0 Å². The van der Waals surface area contributed by atoms with Crippen molar-refractivity contribution in [2.45, 2.75) is 0 Å². The van der Waals surface area contributed by atoms with Crippen molar-refractivity contribution in [2.24, 2.45) is 0 Å². The quantitative estimate of drug-likeness (QED) is 0.176. The van der Waals surface area contributed by atoms with Gasteiger partial charge in [0.2, 0.25) is 0 Å². The monoisotopic (exact) mass is 637 g/mol. The van der Waals surface area contributed by atoms with E-state index in [1.165, 1.54) is 0 Å². The van der Waals surface area contributed by atoms with Crippen LogP contribution in [0.2, 0.25) is 0 Å². The minimum Gasteiger partial charge on any atom is -0.295 e. The second kappa shape index (κ2) is 21.5. The minimum absolute atomic E-state index is 0. The summed E-state index contributed by atoms with van der Waals surface area (Å²) in [5.41, 5.74) is 0. The van der Waals surface area contributed by atoms with Crippen molar-refractivity contribution in [1.82, 2.24) is 0 Å². The van der Waals surface area contributed by atoms with Crippen LogP contribution in [-0.2, 0) is 117 Å². The van der Waals surface area contributed by atoms with E-state index in [1.807, 2.05) is 0 Å². The zero-order valence-electron chi connectivity index (χ0n) is 9.69. The van der Waals surface area contributed by atoms with Crippen molar-refractivity contribution < 1.29 is 170 Å². The van der Waals surface area contributed by atoms with Crippen LogP contribution in [0.15, 0.2) is 0 Å². The van der Waals surface area contributed by atoms with Gasteiger partial charge in [0.15, 0.2) is 0 Å². The molecule has 0 rings (SSSR count). The normalized spacial score (nSPS) is 9.67. The SMILES string of the molecule is [Co+2].[Li+].[Ni+2].[O]=[Mn](=[O])([O-])[O-].[O]=[Mn](=[O])([O-])[O-].[O]=[Mn](=[O])([O-])[O-].[O]=[Mn](=[O])([O-])[O-].[PH6+3]. The fraction of sp³-hybridized carbons (Fsp3) is 0. The minimum atomic E-state index is -5.62. The fourth-order valence-corrected chi connectivity index (χ4v) is 0. The van der Waals surface area contributed by atoms with Gasteiger partial charge in [-0.2, -0.15) is 0 Å². The molecule has 16 nitrogen and oxygen atoms in total. The Balaban J connectivity index is -0.0000000225. The summed E-state index contributed by atoms with van der Waals surface area (Å²) in [7, 11) is 0. The summed E-state index contributed by atoms with van der Waals surface area (Å²) < 4.78 is 137. The molecule has 0 atom stereocenters. The number of hydrogen-bond donors (Lipinski definition) is 0. The Morgan fingerprint density at radius 1 is 0.417 bits per heavy atom. The Labute approximate surface area is 178 Å². The van der Waals surface area contributed by atoms with E-state index in [-0.39, 0.29) is 62.0 Å². The largest absolute Gasteiger partial charge is 0.295 e. The predicted octanol–water partition coefficient (Wildman–Crippen LogP) is -14.2. The maximum atomic E-state index is 8.58. The molecular weight excluding hydrogens is 631 g/mol. The molecule has 0 heterocycles. The molecule has 0 aliphatic carbocycles. The smallest absolute Gasteiger partial charge is 0.295 e. The molecule has 0 aromatic heterocycles. The topological polar surface area (TPSA) is 321 Å². The molecule has 0 aliphatic heterocycles. The average Bonchev–Trinajstić information content (AvgIpc) is 1.62. The fourth-order valence-electron chi connectivity index (χ4n) is 0. The molecule has 0 amide bonds. The first-order chi connectivity index (χ1) is 8.00. The van der Waals surface area contributed by atoms with Crippen LogP contribution in [0.3, 0.4) is 0 Å². The third kappa shape index (κ3) is 2720. The maximum absolute atomic E-state index is 8.58. The Morgan fingerprint density at radius 3 is 0.417 bits per heavy atom. The Bertz CT molecular complexity index is 491. The third-order valence-electron chi connectivity index (χ3n) is 0. The van der Waals surface area contributed by atoms with Crippen LogP contribution in [0.25, 0.3) is 0 Å². The summed E-state index contributed by atoms with van der Waals surface area (Å²) >= 11 is -22.5. The van der Waals surface area contributed by atoms with Crippen LogP contribution in [0.1, 0.15) is 0 Å². The molecule has 24 heavy (non-hydrogen) atoms. The first-order valence-corrected chi connectivity index (χ1v) is 10.2. The Hall–Kier alpha value is 2.19. The molecule has 0 N–H and O–H groups in total. The van der Waals surface area contributed by atoms with Crippen LogP contribution >= 0.6 is 9.90 Å². The van der Waals surface area contributed by atoms with Crippen molar-refractivity contribution in [1.29, 1.82) is 0 Å². The summed E-state index contributed by atoms with van der Waals surface area (Å²) in [5, 5.41) is 0. The van der Waals surface area contributed by atoms with Gasteiger partial charge in [-0.1, -0.05) is 0 Å². The molecule has 0 aliphatic rings. The first-order valence-electron chi connectivity index (χ1n) is 2.47. The number of rotatable bonds is 0.